The minimum absolute atomic E-state index is 1.08. The van der Waals surface area contributed by atoms with Crippen LogP contribution in [0.3, 0.4) is 0 Å². The standard InChI is InChI=1S/C18H32N2/c1-4-5-6-7-8-9-10-13-16-19-17-14-11-12-15-18(17)20(2)3/h11-12,14-15,19H,4-10,13,16H2,1-3H3. The molecule has 0 saturated carbocycles. The van der Waals surface area contributed by atoms with E-state index >= 15 is 0 Å². The van der Waals surface area contributed by atoms with Crippen molar-refractivity contribution in [2.24, 2.45) is 0 Å². The van der Waals surface area contributed by atoms with Gasteiger partial charge in [0.05, 0.1) is 11.4 Å². The van der Waals surface area contributed by atoms with Crippen LogP contribution < -0.4 is 10.2 Å². The normalized spacial score (nSPS) is 10.6. The number of para-hydroxylation sites is 2. The monoisotopic (exact) mass is 276 g/mol. The maximum atomic E-state index is 3.56. The molecule has 114 valence electrons. The Hall–Kier alpha value is -1.18. The maximum absolute atomic E-state index is 3.56. The van der Waals surface area contributed by atoms with Crippen LogP contribution in [0, 0.1) is 0 Å². The van der Waals surface area contributed by atoms with Gasteiger partial charge in [-0.25, -0.2) is 0 Å². The number of hydrogen-bond acceptors (Lipinski definition) is 2. The highest BCUT2D eigenvalue weighted by Gasteiger charge is 2.01. The molecular formula is C18H32N2. The van der Waals surface area contributed by atoms with E-state index in [0.29, 0.717) is 0 Å². The molecule has 0 radical (unpaired) electrons. The molecule has 0 amide bonds. The Morgan fingerprint density at radius 3 is 2.10 bits per heavy atom. The van der Waals surface area contributed by atoms with Gasteiger partial charge in [-0.3, -0.25) is 0 Å². The largest absolute Gasteiger partial charge is 0.383 e. The van der Waals surface area contributed by atoms with Gasteiger partial charge in [-0.2, -0.15) is 0 Å². The summed E-state index contributed by atoms with van der Waals surface area (Å²) in [5, 5.41) is 3.56. The van der Waals surface area contributed by atoms with Gasteiger partial charge >= 0.3 is 0 Å². The molecule has 0 unspecified atom stereocenters. The van der Waals surface area contributed by atoms with Crippen molar-refractivity contribution in [1.29, 1.82) is 0 Å². The molecule has 0 heterocycles. The maximum Gasteiger partial charge on any atom is 0.0596 e. The quantitative estimate of drug-likeness (QED) is 0.551. The molecule has 0 fully saturated rings. The second kappa shape index (κ2) is 10.6. The predicted octanol–water partition coefficient (Wildman–Crippen LogP) is 5.31. The van der Waals surface area contributed by atoms with Gasteiger partial charge in [0, 0.05) is 20.6 Å². The fourth-order valence-electron chi connectivity index (χ4n) is 2.50. The number of rotatable bonds is 11. The Kier molecular flexibility index (Phi) is 8.93. The average Bonchev–Trinajstić information content (AvgIpc) is 2.46. The smallest absolute Gasteiger partial charge is 0.0596 e. The molecule has 0 aromatic heterocycles. The van der Waals surface area contributed by atoms with Crippen LogP contribution >= 0.6 is 0 Å². The summed E-state index contributed by atoms with van der Waals surface area (Å²) in [4.78, 5) is 2.16. The van der Waals surface area contributed by atoms with E-state index in [2.05, 4.69) is 55.5 Å². The number of anilines is 2. The summed E-state index contributed by atoms with van der Waals surface area (Å²) in [6.07, 6.45) is 11.0. The molecule has 1 N–H and O–H groups in total. The first-order valence-corrected chi connectivity index (χ1v) is 8.26. The third kappa shape index (κ3) is 6.83. The molecule has 1 rings (SSSR count). The van der Waals surface area contributed by atoms with Crippen LogP contribution in [-0.2, 0) is 0 Å². The third-order valence-corrected chi connectivity index (χ3v) is 3.73. The molecule has 0 aliphatic heterocycles. The molecular weight excluding hydrogens is 244 g/mol. The van der Waals surface area contributed by atoms with Gasteiger partial charge in [-0.05, 0) is 18.6 Å². The number of hydrogen-bond donors (Lipinski definition) is 1. The highest BCUT2D eigenvalue weighted by Crippen LogP contribution is 2.23. The van der Waals surface area contributed by atoms with Gasteiger partial charge in [0.25, 0.3) is 0 Å². The van der Waals surface area contributed by atoms with Gasteiger partial charge < -0.3 is 10.2 Å². The van der Waals surface area contributed by atoms with Crippen molar-refractivity contribution in [1.82, 2.24) is 0 Å². The van der Waals surface area contributed by atoms with Crippen molar-refractivity contribution in [3.05, 3.63) is 24.3 Å². The van der Waals surface area contributed by atoms with E-state index in [4.69, 9.17) is 0 Å². The van der Waals surface area contributed by atoms with Crippen LogP contribution in [0.25, 0.3) is 0 Å². The predicted molar refractivity (Wildman–Crippen MR) is 91.9 cm³/mol. The molecule has 0 saturated heterocycles. The Bertz CT molecular complexity index is 347. The van der Waals surface area contributed by atoms with Crippen LogP contribution in [0.15, 0.2) is 24.3 Å². The zero-order chi connectivity index (χ0) is 14.6. The summed E-state index contributed by atoms with van der Waals surface area (Å²) >= 11 is 0. The van der Waals surface area contributed by atoms with E-state index in [1.54, 1.807) is 0 Å². The van der Waals surface area contributed by atoms with E-state index < -0.39 is 0 Å². The Balaban J connectivity index is 2.10. The van der Waals surface area contributed by atoms with E-state index in [0.717, 1.165) is 6.54 Å². The molecule has 0 spiro atoms. The first kappa shape index (κ1) is 16.9. The second-order valence-corrected chi connectivity index (χ2v) is 5.81. The van der Waals surface area contributed by atoms with Gasteiger partial charge in [0.1, 0.15) is 0 Å². The van der Waals surface area contributed by atoms with Gasteiger partial charge in [0.15, 0.2) is 0 Å². The average molecular weight is 276 g/mol. The first-order valence-electron chi connectivity index (χ1n) is 8.26. The number of benzene rings is 1. The third-order valence-electron chi connectivity index (χ3n) is 3.73. The summed E-state index contributed by atoms with van der Waals surface area (Å²) in [7, 11) is 4.19. The number of nitrogens with one attached hydrogen (secondary N) is 1. The van der Waals surface area contributed by atoms with Crippen LogP contribution in [0.4, 0.5) is 11.4 Å². The summed E-state index contributed by atoms with van der Waals surface area (Å²) in [5.74, 6) is 0. The van der Waals surface area contributed by atoms with Gasteiger partial charge in [0.2, 0.25) is 0 Å². The van der Waals surface area contributed by atoms with Crippen molar-refractivity contribution in [3.63, 3.8) is 0 Å². The van der Waals surface area contributed by atoms with E-state index in [9.17, 15) is 0 Å². The lowest BCUT2D eigenvalue weighted by Crippen LogP contribution is -2.12. The fourth-order valence-corrected chi connectivity index (χ4v) is 2.50. The SMILES string of the molecule is CCCCCCCCCCNc1ccccc1N(C)C. The van der Waals surface area contributed by atoms with Crippen LogP contribution in [0.5, 0.6) is 0 Å². The summed E-state index contributed by atoms with van der Waals surface area (Å²) in [5.41, 5.74) is 2.52. The Labute approximate surface area is 125 Å². The van der Waals surface area contributed by atoms with Crippen LogP contribution in [-0.4, -0.2) is 20.6 Å². The van der Waals surface area contributed by atoms with Crippen LogP contribution in [0.2, 0.25) is 0 Å². The van der Waals surface area contributed by atoms with E-state index in [1.165, 1.54) is 62.7 Å². The second-order valence-electron chi connectivity index (χ2n) is 5.81. The lowest BCUT2D eigenvalue weighted by Gasteiger charge is -2.18. The van der Waals surface area contributed by atoms with E-state index in [1.807, 2.05) is 0 Å². The van der Waals surface area contributed by atoms with Crippen LogP contribution in [0.1, 0.15) is 58.3 Å². The highest BCUT2D eigenvalue weighted by molar-refractivity contribution is 5.69. The minimum atomic E-state index is 1.08. The molecule has 20 heavy (non-hydrogen) atoms. The fraction of sp³-hybridized carbons (Fsp3) is 0.667. The molecule has 0 bridgehead atoms. The Morgan fingerprint density at radius 2 is 1.45 bits per heavy atom. The molecule has 1 aromatic carbocycles. The summed E-state index contributed by atoms with van der Waals surface area (Å²) in [6.45, 7) is 3.36. The lowest BCUT2D eigenvalue weighted by atomic mass is 10.1. The first-order chi connectivity index (χ1) is 9.75. The molecule has 0 aliphatic carbocycles. The molecule has 2 heteroatoms. The van der Waals surface area contributed by atoms with Crippen molar-refractivity contribution in [2.45, 2.75) is 58.3 Å². The van der Waals surface area contributed by atoms with Crippen molar-refractivity contribution in [2.75, 3.05) is 30.9 Å². The number of nitrogens with zero attached hydrogens (tertiary/aromatic N) is 1. The highest BCUT2D eigenvalue weighted by atomic mass is 15.1. The summed E-state index contributed by atoms with van der Waals surface area (Å²) < 4.78 is 0. The minimum Gasteiger partial charge on any atom is -0.383 e. The van der Waals surface area contributed by atoms with Gasteiger partial charge in [-0.15, -0.1) is 0 Å². The summed E-state index contributed by atoms with van der Waals surface area (Å²) in [6, 6.07) is 8.52. The lowest BCUT2D eigenvalue weighted by molar-refractivity contribution is 0.581. The van der Waals surface area contributed by atoms with Gasteiger partial charge in [-0.1, -0.05) is 64.0 Å². The molecule has 0 aliphatic rings. The molecule has 1 aromatic rings. The topological polar surface area (TPSA) is 15.3 Å². The van der Waals surface area contributed by atoms with Crippen molar-refractivity contribution < 1.29 is 0 Å². The van der Waals surface area contributed by atoms with Crippen molar-refractivity contribution >= 4 is 11.4 Å². The van der Waals surface area contributed by atoms with E-state index in [-0.39, 0.29) is 0 Å². The number of unbranched alkanes of at least 4 members (excludes halogenated alkanes) is 7. The molecule has 2 nitrogen and oxygen atoms in total. The molecule has 0 atom stereocenters. The zero-order valence-corrected chi connectivity index (χ0v) is 13.6. The Morgan fingerprint density at radius 1 is 0.850 bits per heavy atom. The zero-order valence-electron chi connectivity index (χ0n) is 13.6. The van der Waals surface area contributed by atoms with Crippen molar-refractivity contribution in [3.8, 4) is 0 Å².